The summed E-state index contributed by atoms with van der Waals surface area (Å²) < 4.78 is 5.10. The summed E-state index contributed by atoms with van der Waals surface area (Å²) in [6.07, 6.45) is 0. The largest absolute Gasteiger partial charge is 0.454 e. The highest BCUT2D eigenvalue weighted by molar-refractivity contribution is 6.30. The van der Waals surface area contributed by atoms with Gasteiger partial charge in [0.15, 0.2) is 6.61 Å². The lowest BCUT2D eigenvalue weighted by Gasteiger charge is -2.20. The number of hydrogen-bond donors (Lipinski definition) is 2. The Hall–Kier alpha value is -2.86. The molecule has 0 aromatic heterocycles. The van der Waals surface area contributed by atoms with Gasteiger partial charge in [-0.25, -0.2) is 4.79 Å². The van der Waals surface area contributed by atoms with Crippen molar-refractivity contribution in [3.63, 3.8) is 0 Å². The molecule has 2 rings (SSSR count). The summed E-state index contributed by atoms with van der Waals surface area (Å²) in [5.74, 6) is -1.70. The minimum Gasteiger partial charge on any atom is -0.454 e. The second-order valence-corrected chi connectivity index (χ2v) is 7.51. The minimum atomic E-state index is -0.872. The molecule has 2 N–H and O–H groups in total. The number of rotatable bonds is 8. The molecule has 6 nitrogen and oxygen atoms in total. The molecule has 2 aromatic rings. The van der Waals surface area contributed by atoms with Crippen LogP contribution in [0, 0.1) is 12.8 Å². The SMILES string of the molecule is Cc1ccc(CNC(=O)COC(=O)[C@H](NC(=O)c2ccc(Cl)cc2)C(C)C)cc1. The zero-order chi connectivity index (χ0) is 21.4. The van der Waals surface area contributed by atoms with Gasteiger partial charge < -0.3 is 15.4 Å². The quantitative estimate of drug-likeness (QED) is 0.647. The Morgan fingerprint density at radius 2 is 1.62 bits per heavy atom. The van der Waals surface area contributed by atoms with Crippen molar-refractivity contribution in [2.45, 2.75) is 33.4 Å². The lowest BCUT2D eigenvalue weighted by molar-refractivity contribution is -0.151. The molecular formula is C22H25ClN2O4. The van der Waals surface area contributed by atoms with Crippen molar-refractivity contribution in [3.05, 3.63) is 70.2 Å². The molecule has 2 aromatic carbocycles. The zero-order valence-corrected chi connectivity index (χ0v) is 17.5. The van der Waals surface area contributed by atoms with Crippen LogP contribution in [0.15, 0.2) is 48.5 Å². The summed E-state index contributed by atoms with van der Waals surface area (Å²) in [5.41, 5.74) is 2.46. The van der Waals surface area contributed by atoms with Gasteiger partial charge in [-0.1, -0.05) is 55.3 Å². The molecule has 0 saturated heterocycles. The predicted molar refractivity (Wildman–Crippen MR) is 112 cm³/mol. The maximum atomic E-state index is 12.4. The standard InChI is InChI=1S/C22H25ClN2O4/c1-14(2)20(25-21(27)17-8-10-18(23)11-9-17)22(28)29-13-19(26)24-12-16-6-4-15(3)5-7-16/h4-11,14,20H,12-13H2,1-3H3,(H,24,26)(H,25,27)/t20-/m1/s1. The molecule has 2 amide bonds. The Morgan fingerprint density at radius 3 is 2.21 bits per heavy atom. The van der Waals surface area contributed by atoms with E-state index >= 15 is 0 Å². The summed E-state index contributed by atoms with van der Waals surface area (Å²) >= 11 is 5.82. The fraction of sp³-hybridized carbons (Fsp3) is 0.318. The second kappa shape index (κ2) is 10.6. The van der Waals surface area contributed by atoms with Crippen LogP contribution in [0.25, 0.3) is 0 Å². The molecule has 29 heavy (non-hydrogen) atoms. The molecule has 0 radical (unpaired) electrons. The summed E-state index contributed by atoms with van der Waals surface area (Å²) in [4.78, 5) is 36.7. The molecule has 0 spiro atoms. The normalized spacial score (nSPS) is 11.6. The number of hydrogen-bond acceptors (Lipinski definition) is 4. The Kier molecular flexibility index (Phi) is 8.21. The maximum Gasteiger partial charge on any atom is 0.329 e. The summed E-state index contributed by atoms with van der Waals surface area (Å²) in [6, 6.07) is 13.2. The van der Waals surface area contributed by atoms with Crippen LogP contribution in [-0.2, 0) is 20.9 Å². The van der Waals surface area contributed by atoms with Crippen molar-refractivity contribution in [2.75, 3.05) is 6.61 Å². The number of carbonyl (C=O) groups is 3. The van der Waals surface area contributed by atoms with Crippen molar-refractivity contribution in [1.82, 2.24) is 10.6 Å². The first kappa shape index (κ1) is 22.4. The average Bonchev–Trinajstić information content (AvgIpc) is 2.69. The highest BCUT2D eigenvalue weighted by atomic mass is 35.5. The molecule has 0 unspecified atom stereocenters. The molecule has 0 aliphatic carbocycles. The topological polar surface area (TPSA) is 84.5 Å². The maximum absolute atomic E-state index is 12.4. The summed E-state index contributed by atoms with van der Waals surface area (Å²) in [7, 11) is 0. The second-order valence-electron chi connectivity index (χ2n) is 7.07. The first-order valence-corrected chi connectivity index (χ1v) is 9.69. The third-order valence-corrected chi connectivity index (χ3v) is 4.52. The van der Waals surface area contributed by atoms with Gasteiger partial charge in [0, 0.05) is 17.1 Å². The van der Waals surface area contributed by atoms with E-state index in [2.05, 4.69) is 10.6 Å². The van der Waals surface area contributed by atoms with Crippen LogP contribution in [0.2, 0.25) is 5.02 Å². The number of carbonyl (C=O) groups excluding carboxylic acids is 3. The Bertz CT molecular complexity index is 848. The third-order valence-electron chi connectivity index (χ3n) is 4.27. The van der Waals surface area contributed by atoms with Crippen LogP contribution in [0.1, 0.15) is 35.3 Å². The molecular weight excluding hydrogens is 392 g/mol. The van der Waals surface area contributed by atoms with Gasteiger partial charge in [0.1, 0.15) is 6.04 Å². The monoisotopic (exact) mass is 416 g/mol. The van der Waals surface area contributed by atoms with Crippen LogP contribution in [-0.4, -0.2) is 30.4 Å². The van der Waals surface area contributed by atoms with E-state index in [4.69, 9.17) is 16.3 Å². The first-order valence-electron chi connectivity index (χ1n) is 9.31. The Balaban J connectivity index is 1.85. The highest BCUT2D eigenvalue weighted by Gasteiger charge is 2.26. The van der Waals surface area contributed by atoms with E-state index < -0.39 is 30.4 Å². The van der Waals surface area contributed by atoms with E-state index in [0.29, 0.717) is 17.1 Å². The number of nitrogens with one attached hydrogen (secondary N) is 2. The molecule has 1 atom stereocenters. The molecule has 0 saturated carbocycles. The van der Waals surface area contributed by atoms with Crippen molar-refractivity contribution in [1.29, 1.82) is 0 Å². The van der Waals surface area contributed by atoms with Gasteiger partial charge in [-0.05, 0) is 42.7 Å². The van der Waals surface area contributed by atoms with E-state index in [9.17, 15) is 14.4 Å². The van der Waals surface area contributed by atoms with E-state index in [-0.39, 0.29) is 5.92 Å². The van der Waals surface area contributed by atoms with Gasteiger partial charge in [0.25, 0.3) is 11.8 Å². The van der Waals surface area contributed by atoms with E-state index in [0.717, 1.165) is 11.1 Å². The molecule has 154 valence electrons. The molecule has 0 aliphatic rings. The van der Waals surface area contributed by atoms with Crippen LogP contribution < -0.4 is 10.6 Å². The number of ether oxygens (including phenoxy) is 1. The van der Waals surface area contributed by atoms with E-state index in [1.165, 1.54) is 0 Å². The van der Waals surface area contributed by atoms with Gasteiger partial charge in [-0.2, -0.15) is 0 Å². The number of amides is 2. The van der Waals surface area contributed by atoms with E-state index in [1.54, 1.807) is 38.1 Å². The summed E-state index contributed by atoms with van der Waals surface area (Å²) in [5, 5.41) is 5.86. The number of halogens is 1. The van der Waals surface area contributed by atoms with Gasteiger partial charge in [-0.3, -0.25) is 9.59 Å². The van der Waals surface area contributed by atoms with Crippen molar-refractivity contribution in [2.24, 2.45) is 5.92 Å². The average molecular weight is 417 g/mol. The van der Waals surface area contributed by atoms with Gasteiger partial charge in [-0.15, -0.1) is 0 Å². The van der Waals surface area contributed by atoms with Crippen LogP contribution in [0.3, 0.4) is 0 Å². The fourth-order valence-corrected chi connectivity index (χ4v) is 2.63. The zero-order valence-electron chi connectivity index (χ0n) is 16.7. The lowest BCUT2D eigenvalue weighted by atomic mass is 10.0. The molecule has 0 heterocycles. The van der Waals surface area contributed by atoms with E-state index in [1.807, 2.05) is 31.2 Å². The smallest absolute Gasteiger partial charge is 0.329 e. The van der Waals surface area contributed by atoms with Gasteiger partial charge in [0.05, 0.1) is 0 Å². The first-order chi connectivity index (χ1) is 13.8. The fourth-order valence-electron chi connectivity index (χ4n) is 2.51. The van der Waals surface area contributed by atoms with Gasteiger partial charge in [0.2, 0.25) is 0 Å². The van der Waals surface area contributed by atoms with Crippen molar-refractivity contribution in [3.8, 4) is 0 Å². The predicted octanol–water partition coefficient (Wildman–Crippen LogP) is 3.26. The molecule has 0 bridgehead atoms. The molecule has 7 heteroatoms. The van der Waals surface area contributed by atoms with Crippen molar-refractivity contribution < 1.29 is 19.1 Å². The van der Waals surface area contributed by atoms with Crippen molar-refractivity contribution >= 4 is 29.4 Å². The lowest BCUT2D eigenvalue weighted by Crippen LogP contribution is -2.46. The Labute approximate surface area is 175 Å². The van der Waals surface area contributed by atoms with Gasteiger partial charge >= 0.3 is 5.97 Å². The minimum absolute atomic E-state index is 0.214. The number of aryl methyl sites for hydroxylation is 1. The molecule has 0 aliphatic heterocycles. The van der Waals surface area contributed by atoms with Crippen LogP contribution >= 0.6 is 11.6 Å². The van der Waals surface area contributed by atoms with Crippen LogP contribution in [0.5, 0.6) is 0 Å². The van der Waals surface area contributed by atoms with Crippen LogP contribution in [0.4, 0.5) is 0 Å². The highest BCUT2D eigenvalue weighted by Crippen LogP contribution is 2.11. The Morgan fingerprint density at radius 1 is 1.00 bits per heavy atom. The molecule has 0 fully saturated rings. The number of esters is 1. The number of benzene rings is 2. The third kappa shape index (κ3) is 7.23. The summed E-state index contributed by atoms with van der Waals surface area (Å²) in [6.45, 7) is 5.48.